The van der Waals surface area contributed by atoms with Gasteiger partial charge >= 0.3 is 0 Å². The fourth-order valence-electron chi connectivity index (χ4n) is 1.49. The van der Waals surface area contributed by atoms with Gasteiger partial charge in [0.2, 0.25) is 0 Å². The van der Waals surface area contributed by atoms with E-state index in [4.69, 9.17) is 4.74 Å². The van der Waals surface area contributed by atoms with Crippen LogP contribution in [0.3, 0.4) is 0 Å². The maximum Gasteiger partial charge on any atom is 0.138 e. The second kappa shape index (κ2) is 5.85. The molecule has 90 valence electrons. The van der Waals surface area contributed by atoms with E-state index in [9.17, 15) is 5.11 Å². The summed E-state index contributed by atoms with van der Waals surface area (Å²) in [7, 11) is 0. The molecule has 1 aromatic rings. The second-order valence-electron chi connectivity index (χ2n) is 4.45. The Morgan fingerprint density at radius 3 is 2.56 bits per heavy atom. The summed E-state index contributed by atoms with van der Waals surface area (Å²) in [5.74, 6) is 0.950. The van der Waals surface area contributed by atoms with E-state index in [1.165, 1.54) is 0 Å². The molecule has 3 nitrogen and oxygen atoms in total. The van der Waals surface area contributed by atoms with Crippen molar-refractivity contribution in [3.8, 4) is 5.75 Å². The third kappa shape index (κ3) is 3.49. The molecule has 1 rings (SSSR count). The van der Waals surface area contributed by atoms with Gasteiger partial charge in [-0.2, -0.15) is 0 Å². The number of hydrogen-bond acceptors (Lipinski definition) is 3. The molecule has 0 radical (unpaired) electrons. The third-order valence-electron chi connectivity index (χ3n) is 2.63. The highest BCUT2D eigenvalue weighted by Gasteiger charge is 2.15. The summed E-state index contributed by atoms with van der Waals surface area (Å²) in [4.78, 5) is 4.09. The van der Waals surface area contributed by atoms with Crippen LogP contribution in [0, 0.1) is 5.92 Å². The van der Waals surface area contributed by atoms with Gasteiger partial charge in [-0.05, 0) is 25.8 Å². The molecule has 0 aliphatic rings. The molecule has 0 saturated heterocycles. The molecule has 0 fully saturated rings. The number of nitrogens with zero attached hydrogens (tertiary/aromatic N) is 1. The predicted octanol–water partition coefficient (Wildman–Crippen LogP) is 2.95. The molecule has 16 heavy (non-hydrogen) atoms. The molecule has 2 unspecified atom stereocenters. The highest BCUT2D eigenvalue weighted by Crippen LogP contribution is 2.26. The van der Waals surface area contributed by atoms with Gasteiger partial charge in [0.15, 0.2) is 0 Å². The predicted molar refractivity (Wildman–Crippen MR) is 64.4 cm³/mol. The number of aliphatic hydroxyl groups excluding tert-OH is 1. The maximum atomic E-state index is 10.1. The van der Waals surface area contributed by atoms with E-state index in [1.807, 2.05) is 26.8 Å². The van der Waals surface area contributed by atoms with Crippen LogP contribution >= 0.6 is 0 Å². The SMILES string of the molecule is CCC(C)C(O)c1cncc(OC(C)C)c1. The van der Waals surface area contributed by atoms with Crippen molar-refractivity contribution in [1.29, 1.82) is 0 Å². The van der Waals surface area contributed by atoms with Crippen molar-refractivity contribution < 1.29 is 9.84 Å². The number of hydrogen-bond donors (Lipinski definition) is 1. The number of aliphatic hydroxyl groups is 1. The van der Waals surface area contributed by atoms with Gasteiger partial charge in [-0.15, -0.1) is 0 Å². The van der Waals surface area contributed by atoms with Crippen LogP contribution in [0.4, 0.5) is 0 Å². The molecule has 1 heterocycles. The molecule has 0 spiro atoms. The molecule has 0 aromatic carbocycles. The number of rotatable bonds is 5. The summed E-state index contributed by atoms with van der Waals surface area (Å²) in [6, 6.07) is 1.86. The maximum absolute atomic E-state index is 10.1. The molecule has 0 aliphatic carbocycles. The van der Waals surface area contributed by atoms with Crippen molar-refractivity contribution in [2.24, 2.45) is 5.92 Å². The lowest BCUT2D eigenvalue weighted by atomic mass is 9.96. The Labute approximate surface area is 97.5 Å². The summed E-state index contributed by atoms with van der Waals surface area (Å²) in [6.07, 6.45) is 3.97. The molecule has 3 heteroatoms. The summed E-state index contributed by atoms with van der Waals surface area (Å²) >= 11 is 0. The van der Waals surface area contributed by atoms with Crippen LogP contribution < -0.4 is 4.74 Å². The van der Waals surface area contributed by atoms with Gasteiger partial charge in [0.05, 0.1) is 18.4 Å². The molecule has 2 atom stereocenters. The van der Waals surface area contributed by atoms with Crippen molar-refractivity contribution >= 4 is 0 Å². The zero-order chi connectivity index (χ0) is 12.1. The lowest BCUT2D eigenvalue weighted by Crippen LogP contribution is -2.10. The number of pyridine rings is 1. The average molecular weight is 223 g/mol. The van der Waals surface area contributed by atoms with Crippen molar-refractivity contribution in [3.63, 3.8) is 0 Å². The minimum absolute atomic E-state index is 0.123. The van der Waals surface area contributed by atoms with Gasteiger partial charge < -0.3 is 9.84 Å². The van der Waals surface area contributed by atoms with Gasteiger partial charge in [0.1, 0.15) is 5.75 Å². The number of ether oxygens (including phenoxy) is 1. The molecule has 0 amide bonds. The summed E-state index contributed by atoms with van der Waals surface area (Å²) in [5.41, 5.74) is 0.826. The van der Waals surface area contributed by atoms with E-state index in [1.54, 1.807) is 12.4 Å². The quantitative estimate of drug-likeness (QED) is 0.834. The Morgan fingerprint density at radius 2 is 2.00 bits per heavy atom. The average Bonchev–Trinajstić information content (AvgIpc) is 2.26. The first-order chi connectivity index (χ1) is 7.54. The van der Waals surface area contributed by atoms with Crippen molar-refractivity contribution in [3.05, 3.63) is 24.0 Å². The van der Waals surface area contributed by atoms with Gasteiger partial charge in [0.25, 0.3) is 0 Å². The van der Waals surface area contributed by atoms with E-state index in [0.717, 1.165) is 17.7 Å². The Morgan fingerprint density at radius 1 is 1.31 bits per heavy atom. The molecular formula is C13H21NO2. The topological polar surface area (TPSA) is 42.4 Å². The van der Waals surface area contributed by atoms with Gasteiger partial charge in [0, 0.05) is 11.8 Å². The first-order valence-corrected chi connectivity index (χ1v) is 5.84. The Kier molecular flexibility index (Phi) is 4.74. The van der Waals surface area contributed by atoms with Crippen LogP contribution in [0.1, 0.15) is 45.8 Å². The van der Waals surface area contributed by atoms with Crippen molar-refractivity contribution in [2.45, 2.75) is 46.3 Å². The monoisotopic (exact) mass is 223 g/mol. The minimum atomic E-state index is -0.465. The normalized spacial score (nSPS) is 14.9. The third-order valence-corrected chi connectivity index (χ3v) is 2.63. The molecule has 1 aromatic heterocycles. The van der Waals surface area contributed by atoms with Crippen LogP contribution in [0.15, 0.2) is 18.5 Å². The van der Waals surface area contributed by atoms with Gasteiger partial charge in [-0.3, -0.25) is 4.98 Å². The summed E-state index contributed by atoms with van der Waals surface area (Å²) < 4.78 is 5.54. The van der Waals surface area contributed by atoms with E-state index in [0.29, 0.717) is 0 Å². The van der Waals surface area contributed by atoms with E-state index >= 15 is 0 Å². The van der Waals surface area contributed by atoms with Gasteiger partial charge in [-0.25, -0.2) is 0 Å². The fraction of sp³-hybridized carbons (Fsp3) is 0.615. The van der Waals surface area contributed by atoms with E-state index in [2.05, 4.69) is 11.9 Å². The highest BCUT2D eigenvalue weighted by atomic mass is 16.5. The van der Waals surface area contributed by atoms with Crippen LogP contribution in [-0.2, 0) is 0 Å². The highest BCUT2D eigenvalue weighted by molar-refractivity contribution is 5.25. The van der Waals surface area contributed by atoms with E-state index < -0.39 is 6.10 Å². The zero-order valence-corrected chi connectivity index (χ0v) is 10.5. The van der Waals surface area contributed by atoms with Crippen molar-refractivity contribution in [2.75, 3.05) is 0 Å². The second-order valence-corrected chi connectivity index (χ2v) is 4.45. The molecule has 0 saturated carbocycles. The molecule has 0 aliphatic heterocycles. The first-order valence-electron chi connectivity index (χ1n) is 5.84. The Balaban J connectivity index is 2.81. The molecule has 0 bridgehead atoms. The lowest BCUT2D eigenvalue weighted by molar-refractivity contribution is 0.114. The fourth-order valence-corrected chi connectivity index (χ4v) is 1.49. The van der Waals surface area contributed by atoms with E-state index in [-0.39, 0.29) is 12.0 Å². The summed E-state index contributed by atoms with van der Waals surface area (Å²) in [6.45, 7) is 8.03. The Bertz CT molecular complexity index is 325. The standard InChI is InChI=1S/C13H21NO2/c1-5-10(4)13(15)11-6-12(8-14-7-11)16-9(2)3/h6-10,13,15H,5H2,1-4H3. The molecular weight excluding hydrogens is 202 g/mol. The van der Waals surface area contributed by atoms with Crippen LogP contribution in [-0.4, -0.2) is 16.2 Å². The van der Waals surface area contributed by atoms with Gasteiger partial charge in [-0.1, -0.05) is 20.3 Å². The summed E-state index contributed by atoms with van der Waals surface area (Å²) in [5, 5.41) is 10.1. The van der Waals surface area contributed by atoms with Crippen LogP contribution in [0.5, 0.6) is 5.75 Å². The largest absolute Gasteiger partial charge is 0.489 e. The van der Waals surface area contributed by atoms with Crippen LogP contribution in [0.25, 0.3) is 0 Å². The van der Waals surface area contributed by atoms with Crippen molar-refractivity contribution in [1.82, 2.24) is 4.98 Å². The smallest absolute Gasteiger partial charge is 0.138 e. The first kappa shape index (κ1) is 13.0. The lowest BCUT2D eigenvalue weighted by Gasteiger charge is -2.18. The minimum Gasteiger partial charge on any atom is -0.489 e. The van der Waals surface area contributed by atoms with Crippen LogP contribution in [0.2, 0.25) is 0 Å². The number of aromatic nitrogens is 1. The molecule has 1 N–H and O–H groups in total. The Hall–Kier alpha value is -1.09. The zero-order valence-electron chi connectivity index (χ0n) is 10.5.